The van der Waals surface area contributed by atoms with Gasteiger partial charge in [0.25, 0.3) is 0 Å². The van der Waals surface area contributed by atoms with Crippen LogP contribution in [0.2, 0.25) is 0 Å². The maximum atomic E-state index is 5.99. The van der Waals surface area contributed by atoms with Crippen LogP contribution in [0.25, 0.3) is 33.5 Å². The van der Waals surface area contributed by atoms with Gasteiger partial charge in [-0.2, -0.15) is 0 Å². The van der Waals surface area contributed by atoms with Crippen molar-refractivity contribution in [3.63, 3.8) is 0 Å². The van der Waals surface area contributed by atoms with Crippen molar-refractivity contribution in [2.24, 2.45) is 0 Å². The summed E-state index contributed by atoms with van der Waals surface area (Å²) in [6, 6.07) is 17.6. The Balaban J connectivity index is 1.70. The van der Waals surface area contributed by atoms with Gasteiger partial charge in [-0.05, 0) is 78.3 Å². The number of allylic oxidation sites excluding steroid dienone is 1. The van der Waals surface area contributed by atoms with Crippen molar-refractivity contribution in [1.29, 1.82) is 0 Å². The second-order valence-electron chi connectivity index (χ2n) is 8.06. The van der Waals surface area contributed by atoms with Crippen LogP contribution in [-0.4, -0.2) is 0 Å². The average molecular weight is 364 g/mol. The first-order valence-electron chi connectivity index (χ1n) is 9.91. The standard InChI is InChI=1S/C27H24O/c1-16-9-10-20-13-23(27-24-8-6-5-7-21(24)15-28-27)14-25(20)26(16)22-11-17(2)19(4)18(3)12-22/h5-12,14-15H,13H2,1-4H3. The molecule has 0 atom stereocenters. The minimum Gasteiger partial charge on any atom is -0.463 e. The molecule has 0 unspecified atom stereocenters. The lowest BCUT2D eigenvalue weighted by Crippen LogP contribution is -1.94. The van der Waals surface area contributed by atoms with E-state index in [1.54, 1.807) is 0 Å². The van der Waals surface area contributed by atoms with Gasteiger partial charge in [0.15, 0.2) is 0 Å². The Morgan fingerprint density at radius 1 is 0.821 bits per heavy atom. The van der Waals surface area contributed by atoms with Crippen molar-refractivity contribution in [3.05, 3.63) is 93.9 Å². The quantitative estimate of drug-likeness (QED) is 0.360. The summed E-state index contributed by atoms with van der Waals surface area (Å²) in [5.41, 5.74) is 12.1. The molecule has 0 spiro atoms. The van der Waals surface area contributed by atoms with E-state index in [-0.39, 0.29) is 0 Å². The van der Waals surface area contributed by atoms with Crippen LogP contribution in [0.3, 0.4) is 0 Å². The summed E-state index contributed by atoms with van der Waals surface area (Å²) in [5.74, 6) is 1.01. The van der Waals surface area contributed by atoms with Crippen LogP contribution < -0.4 is 0 Å². The normalized spacial score (nSPS) is 13.1. The predicted octanol–water partition coefficient (Wildman–Crippen LogP) is 7.43. The van der Waals surface area contributed by atoms with E-state index < -0.39 is 0 Å². The highest BCUT2D eigenvalue weighted by atomic mass is 16.3. The second kappa shape index (κ2) is 6.24. The van der Waals surface area contributed by atoms with E-state index >= 15 is 0 Å². The molecule has 0 fully saturated rings. The Labute approximate surface area is 166 Å². The van der Waals surface area contributed by atoms with Gasteiger partial charge in [0.1, 0.15) is 5.76 Å². The lowest BCUT2D eigenvalue weighted by atomic mass is 9.89. The fourth-order valence-corrected chi connectivity index (χ4v) is 4.47. The largest absolute Gasteiger partial charge is 0.463 e. The molecule has 1 aliphatic rings. The molecule has 4 aromatic rings. The van der Waals surface area contributed by atoms with Gasteiger partial charge in [0.2, 0.25) is 0 Å². The van der Waals surface area contributed by atoms with Crippen LogP contribution >= 0.6 is 0 Å². The Morgan fingerprint density at radius 3 is 2.36 bits per heavy atom. The second-order valence-corrected chi connectivity index (χ2v) is 8.06. The molecule has 138 valence electrons. The van der Waals surface area contributed by atoms with Gasteiger partial charge in [0, 0.05) is 22.8 Å². The van der Waals surface area contributed by atoms with E-state index in [1.807, 2.05) is 6.26 Å². The monoisotopic (exact) mass is 364 g/mol. The van der Waals surface area contributed by atoms with Crippen LogP contribution in [0.15, 0.2) is 59.2 Å². The molecule has 1 aliphatic carbocycles. The average Bonchev–Trinajstić information content (AvgIpc) is 3.29. The molecular weight excluding hydrogens is 340 g/mol. The van der Waals surface area contributed by atoms with Crippen LogP contribution in [0.5, 0.6) is 0 Å². The first-order chi connectivity index (χ1) is 13.5. The van der Waals surface area contributed by atoms with Crippen molar-refractivity contribution in [3.8, 4) is 11.1 Å². The molecule has 1 heteroatoms. The van der Waals surface area contributed by atoms with Crippen molar-refractivity contribution < 1.29 is 4.42 Å². The van der Waals surface area contributed by atoms with Crippen LogP contribution in [0, 0.1) is 27.7 Å². The van der Waals surface area contributed by atoms with Gasteiger partial charge in [-0.15, -0.1) is 0 Å². The highest BCUT2D eigenvalue weighted by Gasteiger charge is 2.22. The zero-order chi connectivity index (χ0) is 19.4. The molecule has 1 heterocycles. The van der Waals surface area contributed by atoms with Gasteiger partial charge in [0.05, 0.1) is 6.26 Å². The maximum absolute atomic E-state index is 5.99. The van der Waals surface area contributed by atoms with Gasteiger partial charge in [-0.3, -0.25) is 0 Å². The summed E-state index contributed by atoms with van der Waals surface area (Å²) in [7, 11) is 0. The van der Waals surface area contributed by atoms with E-state index in [4.69, 9.17) is 4.42 Å². The summed E-state index contributed by atoms with van der Waals surface area (Å²) in [5, 5.41) is 2.36. The lowest BCUT2D eigenvalue weighted by molar-refractivity contribution is 0.557. The number of rotatable bonds is 2. The predicted molar refractivity (Wildman–Crippen MR) is 119 cm³/mol. The highest BCUT2D eigenvalue weighted by Crippen LogP contribution is 2.41. The molecule has 0 saturated carbocycles. The minimum absolute atomic E-state index is 0.921. The van der Waals surface area contributed by atoms with E-state index in [1.165, 1.54) is 55.5 Å². The van der Waals surface area contributed by atoms with Gasteiger partial charge in [-0.25, -0.2) is 0 Å². The topological polar surface area (TPSA) is 13.1 Å². The van der Waals surface area contributed by atoms with Crippen LogP contribution in [-0.2, 0) is 6.42 Å². The number of furan rings is 1. The number of fused-ring (bicyclic) bond motifs is 2. The van der Waals surface area contributed by atoms with Crippen molar-refractivity contribution in [2.45, 2.75) is 34.1 Å². The Morgan fingerprint density at radius 2 is 1.57 bits per heavy atom. The molecule has 5 rings (SSSR count). The third kappa shape index (κ3) is 2.54. The number of benzene rings is 3. The van der Waals surface area contributed by atoms with Crippen molar-refractivity contribution >= 4 is 22.4 Å². The number of aryl methyl sites for hydroxylation is 3. The van der Waals surface area contributed by atoms with Gasteiger partial charge < -0.3 is 4.42 Å². The minimum atomic E-state index is 0.921. The molecule has 28 heavy (non-hydrogen) atoms. The van der Waals surface area contributed by atoms with Gasteiger partial charge in [-0.1, -0.05) is 48.5 Å². The maximum Gasteiger partial charge on any atom is 0.138 e. The Kier molecular flexibility index (Phi) is 3.80. The van der Waals surface area contributed by atoms with Crippen molar-refractivity contribution in [2.75, 3.05) is 0 Å². The summed E-state index contributed by atoms with van der Waals surface area (Å²) < 4.78 is 5.99. The van der Waals surface area contributed by atoms with E-state index in [0.717, 1.165) is 17.6 Å². The molecule has 0 saturated heterocycles. The van der Waals surface area contributed by atoms with E-state index in [9.17, 15) is 0 Å². The Hall–Kier alpha value is -3.06. The Bertz CT molecular complexity index is 1240. The number of hydrogen-bond donors (Lipinski definition) is 0. The molecule has 0 aliphatic heterocycles. The van der Waals surface area contributed by atoms with E-state index in [2.05, 4.69) is 82.3 Å². The van der Waals surface area contributed by atoms with E-state index in [0.29, 0.717) is 0 Å². The number of hydrogen-bond acceptors (Lipinski definition) is 1. The third-order valence-electron chi connectivity index (χ3n) is 6.26. The van der Waals surface area contributed by atoms with Crippen LogP contribution in [0.1, 0.15) is 39.1 Å². The smallest absolute Gasteiger partial charge is 0.138 e. The highest BCUT2D eigenvalue weighted by molar-refractivity contribution is 6.00. The summed E-state index contributed by atoms with van der Waals surface area (Å²) >= 11 is 0. The molecule has 0 N–H and O–H groups in total. The SMILES string of the molecule is Cc1cc(-c2c(C)ccc3c2C=C(c2occ4ccccc24)C3)cc(C)c1C. The third-order valence-corrected chi connectivity index (χ3v) is 6.26. The molecule has 1 aromatic heterocycles. The molecular formula is C27H24O. The van der Waals surface area contributed by atoms with Crippen LogP contribution in [0.4, 0.5) is 0 Å². The summed E-state index contributed by atoms with van der Waals surface area (Å²) in [4.78, 5) is 0. The lowest BCUT2D eigenvalue weighted by Gasteiger charge is -2.15. The molecule has 0 bridgehead atoms. The zero-order valence-electron chi connectivity index (χ0n) is 16.9. The fraction of sp³-hybridized carbons (Fsp3) is 0.185. The van der Waals surface area contributed by atoms with Gasteiger partial charge >= 0.3 is 0 Å². The zero-order valence-corrected chi connectivity index (χ0v) is 16.9. The first kappa shape index (κ1) is 17.1. The summed E-state index contributed by atoms with van der Waals surface area (Å²) in [6.07, 6.45) is 5.13. The molecule has 0 radical (unpaired) electrons. The molecule has 3 aromatic carbocycles. The summed E-state index contributed by atoms with van der Waals surface area (Å²) in [6.45, 7) is 8.84. The fourth-order valence-electron chi connectivity index (χ4n) is 4.47. The molecule has 1 nitrogen and oxygen atoms in total. The first-order valence-corrected chi connectivity index (χ1v) is 9.91. The van der Waals surface area contributed by atoms with Crippen molar-refractivity contribution in [1.82, 2.24) is 0 Å². The molecule has 0 amide bonds.